The summed E-state index contributed by atoms with van der Waals surface area (Å²) in [6.45, 7) is 1.63. The standard InChI is InChI=1S/C15H16ClN7/c1-22(15-20-9-11(16)10-21-15)12-2-6-23(7-3-12)14-13(8-17)18-4-5-19-14/h4-5,9-10,12H,2-3,6-7H2,1H3. The van der Waals surface area contributed by atoms with Gasteiger partial charge in [0.2, 0.25) is 5.95 Å². The van der Waals surface area contributed by atoms with E-state index >= 15 is 0 Å². The Morgan fingerprint density at radius 3 is 2.48 bits per heavy atom. The summed E-state index contributed by atoms with van der Waals surface area (Å²) in [6.07, 6.45) is 8.24. The molecule has 1 fully saturated rings. The van der Waals surface area contributed by atoms with Gasteiger partial charge in [-0.3, -0.25) is 0 Å². The van der Waals surface area contributed by atoms with Crippen LogP contribution in [0, 0.1) is 11.3 Å². The first-order valence-corrected chi connectivity index (χ1v) is 7.73. The lowest BCUT2D eigenvalue weighted by molar-refractivity contribution is 0.475. The topological polar surface area (TPSA) is 81.8 Å². The predicted molar refractivity (Wildman–Crippen MR) is 87.4 cm³/mol. The van der Waals surface area contributed by atoms with Crippen molar-refractivity contribution in [1.82, 2.24) is 19.9 Å². The fraction of sp³-hybridized carbons (Fsp3) is 0.400. The number of anilines is 2. The van der Waals surface area contributed by atoms with Gasteiger partial charge in [-0.25, -0.2) is 19.9 Å². The third-order valence-corrected chi connectivity index (χ3v) is 4.21. The third kappa shape index (κ3) is 3.32. The Morgan fingerprint density at radius 2 is 1.83 bits per heavy atom. The van der Waals surface area contributed by atoms with Crippen molar-refractivity contribution in [3.8, 4) is 6.07 Å². The molecular weight excluding hydrogens is 314 g/mol. The first kappa shape index (κ1) is 15.4. The number of nitrogens with zero attached hydrogens (tertiary/aromatic N) is 7. The first-order valence-electron chi connectivity index (χ1n) is 7.35. The lowest BCUT2D eigenvalue weighted by atomic mass is 10.0. The minimum absolute atomic E-state index is 0.342. The molecule has 23 heavy (non-hydrogen) atoms. The smallest absolute Gasteiger partial charge is 0.225 e. The van der Waals surface area contributed by atoms with E-state index in [-0.39, 0.29) is 0 Å². The van der Waals surface area contributed by atoms with Gasteiger partial charge >= 0.3 is 0 Å². The van der Waals surface area contributed by atoms with Crippen molar-refractivity contribution in [2.45, 2.75) is 18.9 Å². The van der Waals surface area contributed by atoms with Gasteiger partial charge in [-0.2, -0.15) is 5.26 Å². The minimum atomic E-state index is 0.342. The second-order valence-electron chi connectivity index (χ2n) is 5.37. The van der Waals surface area contributed by atoms with Crippen LogP contribution in [0.1, 0.15) is 18.5 Å². The van der Waals surface area contributed by atoms with E-state index in [9.17, 15) is 0 Å². The van der Waals surface area contributed by atoms with Crippen molar-refractivity contribution in [2.24, 2.45) is 0 Å². The number of nitriles is 1. The Morgan fingerprint density at radius 1 is 1.17 bits per heavy atom. The van der Waals surface area contributed by atoms with Gasteiger partial charge in [-0.1, -0.05) is 11.6 Å². The van der Waals surface area contributed by atoms with E-state index in [1.165, 1.54) is 0 Å². The number of aromatic nitrogens is 4. The molecule has 1 saturated heterocycles. The molecule has 2 aromatic rings. The molecule has 0 unspecified atom stereocenters. The molecule has 1 aliphatic rings. The van der Waals surface area contributed by atoms with Crippen LogP contribution in [0.3, 0.4) is 0 Å². The normalized spacial score (nSPS) is 15.3. The molecule has 0 saturated carbocycles. The summed E-state index contributed by atoms with van der Waals surface area (Å²) in [6, 6.07) is 2.44. The van der Waals surface area contributed by atoms with Crippen LogP contribution >= 0.6 is 11.6 Å². The molecule has 8 heteroatoms. The molecule has 0 N–H and O–H groups in total. The van der Waals surface area contributed by atoms with Crippen LogP contribution in [0.2, 0.25) is 5.02 Å². The van der Waals surface area contributed by atoms with Crippen LogP contribution in [0.5, 0.6) is 0 Å². The molecule has 0 amide bonds. The van der Waals surface area contributed by atoms with Crippen LogP contribution < -0.4 is 9.80 Å². The van der Waals surface area contributed by atoms with Crippen molar-refractivity contribution in [3.05, 3.63) is 35.5 Å². The van der Waals surface area contributed by atoms with Gasteiger partial charge in [0.25, 0.3) is 0 Å². The van der Waals surface area contributed by atoms with Gasteiger partial charge < -0.3 is 9.80 Å². The molecule has 0 bridgehead atoms. The third-order valence-electron chi connectivity index (χ3n) is 4.02. The molecule has 3 rings (SSSR count). The molecule has 2 aromatic heterocycles. The summed E-state index contributed by atoms with van der Waals surface area (Å²) in [4.78, 5) is 21.1. The zero-order valence-corrected chi connectivity index (χ0v) is 13.5. The SMILES string of the molecule is CN(c1ncc(Cl)cn1)C1CCN(c2nccnc2C#N)CC1. The molecule has 3 heterocycles. The Hall–Kier alpha value is -2.46. The summed E-state index contributed by atoms with van der Waals surface area (Å²) in [5, 5.41) is 9.68. The highest BCUT2D eigenvalue weighted by Crippen LogP contribution is 2.23. The summed E-state index contributed by atoms with van der Waals surface area (Å²) in [7, 11) is 1.99. The number of piperidine rings is 1. The van der Waals surface area contributed by atoms with Crippen molar-refractivity contribution >= 4 is 23.4 Å². The van der Waals surface area contributed by atoms with Crippen LogP contribution in [0.15, 0.2) is 24.8 Å². The minimum Gasteiger partial charge on any atom is -0.354 e. The van der Waals surface area contributed by atoms with Gasteiger partial charge in [-0.15, -0.1) is 0 Å². The number of rotatable bonds is 3. The summed E-state index contributed by atoms with van der Waals surface area (Å²) >= 11 is 5.83. The fourth-order valence-corrected chi connectivity index (χ4v) is 2.85. The Bertz CT molecular complexity index is 705. The maximum Gasteiger partial charge on any atom is 0.225 e. The van der Waals surface area contributed by atoms with E-state index in [1.807, 2.05) is 7.05 Å². The molecule has 0 spiro atoms. The van der Waals surface area contributed by atoms with E-state index in [1.54, 1.807) is 24.8 Å². The highest BCUT2D eigenvalue weighted by atomic mass is 35.5. The zero-order valence-electron chi connectivity index (χ0n) is 12.7. The summed E-state index contributed by atoms with van der Waals surface area (Å²) < 4.78 is 0. The number of hydrogen-bond acceptors (Lipinski definition) is 7. The maximum absolute atomic E-state index is 9.15. The van der Waals surface area contributed by atoms with Gasteiger partial charge in [0.05, 0.1) is 17.4 Å². The lowest BCUT2D eigenvalue weighted by Gasteiger charge is -2.37. The van der Waals surface area contributed by atoms with Crippen LogP contribution in [0.4, 0.5) is 11.8 Å². The van der Waals surface area contributed by atoms with E-state index in [4.69, 9.17) is 16.9 Å². The first-order chi connectivity index (χ1) is 11.2. The Kier molecular flexibility index (Phi) is 4.53. The lowest BCUT2D eigenvalue weighted by Crippen LogP contribution is -2.44. The molecule has 0 aromatic carbocycles. The zero-order chi connectivity index (χ0) is 16.2. The van der Waals surface area contributed by atoms with Gasteiger partial charge in [0, 0.05) is 38.6 Å². The van der Waals surface area contributed by atoms with Crippen LogP contribution in [0.25, 0.3) is 0 Å². The molecule has 118 valence electrons. The average molecular weight is 330 g/mol. The van der Waals surface area contributed by atoms with E-state index < -0.39 is 0 Å². The van der Waals surface area contributed by atoms with E-state index in [0.29, 0.717) is 28.5 Å². The van der Waals surface area contributed by atoms with E-state index in [2.05, 4.69) is 35.8 Å². The van der Waals surface area contributed by atoms with Crippen LogP contribution in [-0.4, -0.2) is 46.1 Å². The second-order valence-corrected chi connectivity index (χ2v) is 5.81. The average Bonchev–Trinajstić information content (AvgIpc) is 2.62. The quantitative estimate of drug-likeness (QED) is 0.850. The van der Waals surface area contributed by atoms with Gasteiger partial charge in [0.15, 0.2) is 11.5 Å². The monoisotopic (exact) mass is 329 g/mol. The number of halogens is 1. The van der Waals surface area contributed by atoms with Crippen LogP contribution in [-0.2, 0) is 0 Å². The number of hydrogen-bond donors (Lipinski definition) is 0. The van der Waals surface area contributed by atoms with Crippen molar-refractivity contribution < 1.29 is 0 Å². The molecule has 0 aliphatic carbocycles. The van der Waals surface area contributed by atoms with Gasteiger partial charge in [0.1, 0.15) is 6.07 Å². The summed E-state index contributed by atoms with van der Waals surface area (Å²) in [5.41, 5.74) is 0.375. The largest absolute Gasteiger partial charge is 0.354 e. The maximum atomic E-state index is 9.15. The molecule has 7 nitrogen and oxygen atoms in total. The Balaban J connectivity index is 1.66. The van der Waals surface area contributed by atoms with Crippen molar-refractivity contribution in [2.75, 3.05) is 29.9 Å². The van der Waals surface area contributed by atoms with Crippen molar-refractivity contribution in [1.29, 1.82) is 5.26 Å². The fourth-order valence-electron chi connectivity index (χ4n) is 2.76. The molecule has 0 radical (unpaired) electrons. The summed E-state index contributed by atoms with van der Waals surface area (Å²) in [5.74, 6) is 1.34. The second kappa shape index (κ2) is 6.75. The van der Waals surface area contributed by atoms with Gasteiger partial charge in [-0.05, 0) is 12.8 Å². The van der Waals surface area contributed by atoms with Crippen molar-refractivity contribution in [3.63, 3.8) is 0 Å². The molecule has 0 atom stereocenters. The highest BCUT2D eigenvalue weighted by molar-refractivity contribution is 6.30. The molecular formula is C15H16ClN7. The molecule has 1 aliphatic heterocycles. The highest BCUT2D eigenvalue weighted by Gasteiger charge is 2.26. The van der Waals surface area contributed by atoms with E-state index in [0.717, 1.165) is 25.9 Å². The predicted octanol–water partition coefficient (Wildman–Crippen LogP) is 1.90. The Labute approximate surface area is 139 Å².